The molecule has 1 aromatic carbocycles. The predicted molar refractivity (Wildman–Crippen MR) is 100 cm³/mol. The lowest BCUT2D eigenvalue weighted by molar-refractivity contribution is -0.141. The van der Waals surface area contributed by atoms with Crippen molar-refractivity contribution in [1.82, 2.24) is 15.8 Å². The minimum atomic E-state index is -0.599. The van der Waals surface area contributed by atoms with Gasteiger partial charge in [0.15, 0.2) is 6.61 Å². The zero-order valence-electron chi connectivity index (χ0n) is 15.5. The summed E-state index contributed by atoms with van der Waals surface area (Å²) in [5, 5.41) is 9.91. The second-order valence-corrected chi connectivity index (χ2v) is 8.76. The van der Waals surface area contributed by atoms with Crippen LogP contribution in [0.25, 0.3) is 0 Å². The van der Waals surface area contributed by atoms with Gasteiger partial charge in [-0.3, -0.25) is 9.59 Å². The lowest BCUT2D eigenvalue weighted by atomic mass is 9.44. The molecular weight excluding hydrogens is 401 g/mol. The van der Waals surface area contributed by atoms with E-state index >= 15 is 0 Å². The third-order valence-electron chi connectivity index (χ3n) is 5.82. The van der Waals surface area contributed by atoms with Crippen LogP contribution in [-0.4, -0.2) is 34.7 Å². The van der Waals surface area contributed by atoms with Crippen molar-refractivity contribution < 1.29 is 23.2 Å². The summed E-state index contributed by atoms with van der Waals surface area (Å²) in [4.78, 5) is 24.5. The molecule has 0 aliphatic heterocycles. The van der Waals surface area contributed by atoms with Gasteiger partial charge in [-0.25, -0.2) is 4.39 Å². The minimum absolute atomic E-state index is 0.00268. The van der Waals surface area contributed by atoms with Crippen LogP contribution in [0.5, 0.6) is 5.75 Å². The molecule has 2 amide bonds. The molecule has 152 valence electrons. The lowest BCUT2D eigenvalue weighted by Crippen LogP contribution is -2.84. The highest BCUT2D eigenvalue weighted by molar-refractivity contribution is 6.30. The lowest BCUT2D eigenvalue weighted by Gasteiger charge is -2.70. The van der Waals surface area contributed by atoms with Crippen LogP contribution in [0.3, 0.4) is 0 Å². The van der Waals surface area contributed by atoms with Gasteiger partial charge in [-0.2, -0.15) is 0 Å². The van der Waals surface area contributed by atoms with Crippen molar-refractivity contribution in [1.29, 1.82) is 0 Å². The topological polar surface area (TPSA) is 93.5 Å². The van der Waals surface area contributed by atoms with E-state index in [9.17, 15) is 14.0 Å². The normalized spacial score (nSPS) is 26.8. The van der Waals surface area contributed by atoms with Crippen molar-refractivity contribution in [2.24, 2.45) is 0 Å². The Morgan fingerprint density at radius 2 is 1.93 bits per heavy atom. The Kier molecular flexibility index (Phi) is 4.10. The molecule has 1 aromatic heterocycles. The summed E-state index contributed by atoms with van der Waals surface area (Å²) in [5.74, 6) is -0.251. The maximum absolute atomic E-state index is 13.4. The smallest absolute Gasteiger partial charge is 0.290 e. The van der Waals surface area contributed by atoms with Gasteiger partial charge >= 0.3 is 0 Å². The molecule has 7 nitrogen and oxygen atoms in total. The molecule has 1 heterocycles. The SMILES string of the molecule is O=C(COc1ccc(Cl)c(F)c1)NC12CC(NC(=O)c3cc(C4CC4)no3)(C1)C2. The van der Waals surface area contributed by atoms with E-state index in [4.69, 9.17) is 20.9 Å². The number of carbonyl (C=O) groups is 2. The van der Waals surface area contributed by atoms with E-state index in [1.807, 2.05) is 0 Å². The average Bonchev–Trinajstić information content (AvgIpc) is 3.36. The first kappa shape index (κ1) is 18.4. The molecule has 4 aliphatic carbocycles. The van der Waals surface area contributed by atoms with Crippen LogP contribution >= 0.6 is 11.6 Å². The van der Waals surface area contributed by atoms with E-state index in [0.29, 0.717) is 25.2 Å². The molecule has 29 heavy (non-hydrogen) atoms. The van der Waals surface area contributed by atoms with Crippen LogP contribution in [-0.2, 0) is 4.79 Å². The van der Waals surface area contributed by atoms with E-state index in [1.165, 1.54) is 12.1 Å². The van der Waals surface area contributed by atoms with Gasteiger partial charge in [-0.15, -0.1) is 0 Å². The second kappa shape index (κ2) is 6.45. The van der Waals surface area contributed by atoms with Gasteiger partial charge in [0.25, 0.3) is 11.8 Å². The first-order valence-electron chi connectivity index (χ1n) is 9.53. The van der Waals surface area contributed by atoms with Crippen molar-refractivity contribution in [3.8, 4) is 5.75 Å². The third kappa shape index (κ3) is 3.46. The molecule has 0 unspecified atom stereocenters. The Balaban J connectivity index is 1.08. The van der Waals surface area contributed by atoms with E-state index in [1.54, 1.807) is 6.07 Å². The number of ether oxygens (including phenoxy) is 1. The molecule has 0 saturated heterocycles. The number of carbonyl (C=O) groups excluding carboxylic acids is 2. The van der Waals surface area contributed by atoms with E-state index in [0.717, 1.165) is 24.6 Å². The van der Waals surface area contributed by atoms with Crippen LogP contribution < -0.4 is 15.4 Å². The Morgan fingerprint density at radius 3 is 2.62 bits per heavy atom. The maximum Gasteiger partial charge on any atom is 0.290 e. The number of nitrogens with zero attached hydrogens (tertiary/aromatic N) is 1. The summed E-state index contributed by atoms with van der Waals surface area (Å²) in [6, 6.07) is 5.73. The molecule has 4 fully saturated rings. The number of halogens is 2. The fourth-order valence-corrected chi connectivity index (χ4v) is 4.49. The van der Waals surface area contributed by atoms with E-state index in [2.05, 4.69) is 15.8 Å². The third-order valence-corrected chi connectivity index (χ3v) is 6.13. The van der Waals surface area contributed by atoms with Crippen molar-refractivity contribution in [3.63, 3.8) is 0 Å². The molecule has 0 radical (unpaired) electrons. The zero-order valence-corrected chi connectivity index (χ0v) is 16.2. The maximum atomic E-state index is 13.4. The van der Waals surface area contributed by atoms with Crippen molar-refractivity contribution >= 4 is 23.4 Å². The molecular formula is C20H19ClFN3O4. The molecule has 2 aromatic rings. The van der Waals surface area contributed by atoms with Crippen molar-refractivity contribution in [2.75, 3.05) is 6.61 Å². The number of benzene rings is 1. The number of hydrogen-bond donors (Lipinski definition) is 2. The summed E-state index contributed by atoms with van der Waals surface area (Å²) in [5.41, 5.74) is 0.244. The van der Waals surface area contributed by atoms with Crippen molar-refractivity contribution in [2.45, 2.75) is 49.1 Å². The fraction of sp³-hybridized carbons (Fsp3) is 0.450. The van der Waals surface area contributed by atoms with Gasteiger partial charge in [-0.1, -0.05) is 16.8 Å². The zero-order chi connectivity index (χ0) is 20.2. The summed E-state index contributed by atoms with van der Waals surface area (Å²) in [6.07, 6.45) is 4.18. The molecule has 0 atom stereocenters. The van der Waals surface area contributed by atoms with Crippen LogP contribution in [0.1, 0.15) is 54.3 Å². The summed E-state index contributed by atoms with van der Waals surface area (Å²) < 4.78 is 23.9. The predicted octanol–water partition coefficient (Wildman–Crippen LogP) is 2.94. The fourth-order valence-electron chi connectivity index (χ4n) is 4.37. The monoisotopic (exact) mass is 419 g/mol. The van der Waals surface area contributed by atoms with Crippen molar-refractivity contribution in [3.05, 3.63) is 46.6 Å². The van der Waals surface area contributed by atoms with E-state index in [-0.39, 0.29) is 46.0 Å². The standard InChI is InChI=1S/C20H19ClFN3O4/c21-13-4-3-12(5-14(13)22)28-7-17(26)23-19-8-20(9-19,10-19)24-18(27)16-6-15(25-29-16)11-1-2-11/h3-6,11H,1-2,7-10H2,(H,23,26)(H,24,27). The molecule has 4 aliphatic rings. The van der Waals surface area contributed by atoms with Crippen LogP contribution in [0, 0.1) is 5.82 Å². The van der Waals surface area contributed by atoms with Crippen LogP contribution in [0.15, 0.2) is 28.8 Å². The average molecular weight is 420 g/mol. The highest BCUT2D eigenvalue weighted by Gasteiger charge is 2.69. The molecule has 2 bridgehead atoms. The first-order valence-corrected chi connectivity index (χ1v) is 9.91. The molecule has 0 spiro atoms. The number of hydrogen-bond acceptors (Lipinski definition) is 5. The van der Waals surface area contributed by atoms with Gasteiger partial charge in [0.2, 0.25) is 5.76 Å². The number of amides is 2. The molecule has 2 N–H and O–H groups in total. The summed E-state index contributed by atoms with van der Waals surface area (Å²) in [6.45, 7) is -0.218. The Bertz CT molecular complexity index is 984. The quantitative estimate of drug-likeness (QED) is 0.719. The van der Waals surface area contributed by atoms with Gasteiger partial charge in [0.1, 0.15) is 11.6 Å². The highest BCUT2D eigenvalue weighted by Crippen LogP contribution is 2.60. The molecule has 9 heteroatoms. The Labute approximate surface area is 170 Å². The van der Waals surface area contributed by atoms with Crippen LogP contribution in [0.4, 0.5) is 4.39 Å². The molecule has 6 rings (SSSR count). The van der Waals surface area contributed by atoms with Gasteiger partial charge in [0, 0.05) is 29.1 Å². The summed E-state index contributed by atoms with van der Waals surface area (Å²) in [7, 11) is 0. The summed E-state index contributed by atoms with van der Waals surface area (Å²) >= 11 is 5.62. The Hall–Kier alpha value is -2.61. The number of aromatic nitrogens is 1. The van der Waals surface area contributed by atoms with Gasteiger partial charge < -0.3 is 19.9 Å². The largest absolute Gasteiger partial charge is 0.484 e. The van der Waals surface area contributed by atoms with Crippen LogP contribution in [0.2, 0.25) is 5.02 Å². The van der Waals surface area contributed by atoms with Gasteiger partial charge in [0.05, 0.1) is 10.7 Å². The number of nitrogens with one attached hydrogen (secondary N) is 2. The number of rotatable bonds is 7. The Morgan fingerprint density at radius 1 is 1.21 bits per heavy atom. The second-order valence-electron chi connectivity index (χ2n) is 8.35. The minimum Gasteiger partial charge on any atom is -0.484 e. The van der Waals surface area contributed by atoms with E-state index < -0.39 is 5.82 Å². The highest BCUT2D eigenvalue weighted by atomic mass is 35.5. The molecule has 4 saturated carbocycles. The first-order chi connectivity index (χ1) is 13.9. The van der Waals surface area contributed by atoms with Gasteiger partial charge in [-0.05, 0) is 44.2 Å².